The lowest BCUT2D eigenvalue weighted by Crippen LogP contribution is -2.52. The molecule has 2 aromatic carbocycles. The number of rotatable bonds is 7. The molecule has 1 saturated heterocycles. The molecular weight excluding hydrogens is 547 g/mol. The molecule has 1 aromatic heterocycles. The molecule has 2 heterocycles. The molecule has 2 atom stereocenters. The Labute approximate surface area is 233 Å². The van der Waals surface area contributed by atoms with Crippen LogP contribution in [-0.2, 0) is 9.59 Å². The lowest BCUT2D eigenvalue weighted by molar-refractivity contribution is -0.154. The van der Waals surface area contributed by atoms with E-state index in [0.29, 0.717) is 12.8 Å². The molecule has 11 heteroatoms. The van der Waals surface area contributed by atoms with Crippen LogP contribution in [0.25, 0.3) is 0 Å². The molecule has 2 aliphatic rings. The van der Waals surface area contributed by atoms with Gasteiger partial charge in [0.15, 0.2) is 5.78 Å². The van der Waals surface area contributed by atoms with E-state index in [4.69, 9.17) is 32.4 Å². The van der Waals surface area contributed by atoms with Crippen LogP contribution < -0.4 is 4.74 Å². The molecule has 0 N–H and O–H groups in total. The number of esters is 1. The van der Waals surface area contributed by atoms with Crippen molar-refractivity contribution in [2.75, 3.05) is 6.54 Å². The maximum absolute atomic E-state index is 13.6. The van der Waals surface area contributed by atoms with E-state index in [1.54, 1.807) is 6.07 Å². The maximum atomic E-state index is 13.6. The van der Waals surface area contributed by atoms with E-state index in [0.717, 1.165) is 22.9 Å². The van der Waals surface area contributed by atoms with Gasteiger partial charge in [0.25, 0.3) is 17.7 Å². The fraction of sp³-hybridized carbons (Fsp3) is 0.250. The number of carbonyl (C=O) groups is 5. The van der Waals surface area contributed by atoms with Crippen molar-refractivity contribution in [1.82, 2.24) is 10.0 Å². The molecule has 0 spiro atoms. The predicted octanol–water partition coefficient (Wildman–Crippen LogP) is 5.22. The fourth-order valence-corrected chi connectivity index (χ4v) is 5.18. The highest BCUT2D eigenvalue weighted by Gasteiger charge is 2.51. The van der Waals surface area contributed by atoms with Crippen molar-refractivity contribution in [3.8, 4) is 5.75 Å². The average Bonchev–Trinajstić information content (AvgIpc) is 3.57. The first-order valence-electron chi connectivity index (χ1n) is 12.3. The van der Waals surface area contributed by atoms with Crippen LogP contribution in [0.1, 0.15) is 57.0 Å². The van der Waals surface area contributed by atoms with Gasteiger partial charge in [0.2, 0.25) is 5.76 Å². The van der Waals surface area contributed by atoms with E-state index in [1.807, 2.05) is 0 Å². The Morgan fingerprint density at radius 3 is 2.13 bits per heavy atom. The average molecular weight is 569 g/mol. The van der Waals surface area contributed by atoms with E-state index in [9.17, 15) is 24.0 Å². The van der Waals surface area contributed by atoms with Gasteiger partial charge in [0.05, 0.1) is 28.1 Å². The quantitative estimate of drug-likeness (QED) is 0.166. The summed E-state index contributed by atoms with van der Waals surface area (Å²) in [6.07, 6.45) is 4.06. The molecule has 5 rings (SSSR count). The first kappa shape index (κ1) is 26.6. The molecule has 1 saturated carbocycles. The summed E-state index contributed by atoms with van der Waals surface area (Å²) in [5.41, 5.74) is 0.240. The van der Waals surface area contributed by atoms with Gasteiger partial charge >= 0.3 is 5.97 Å². The van der Waals surface area contributed by atoms with Gasteiger partial charge in [-0.1, -0.05) is 36.0 Å². The van der Waals surface area contributed by atoms with Crippen molar-refractivity contribution in [1.29, 1.82) is 0 Å². The highest BCUT2D eigenvalue weighted by Crippen LogP contribution is 2.39. The number of amides is 3. The van der Waals surface area contributed by atoms with Crippen molar-refractivity contribution in [3.05, 3.63) is 87.8 Å². The number of fused-ring (bicyclic) bond motifs is 1. The summed E-state index contributed by atoms with van der Waals surface area (Å²) in [7, 11) is 0. The summed E-state index contributed by atoms with van der Waals surface area (Å²) >= 11 is 12.1. The molecule has 3 aromatic rings. The number of hydrazine groups is 1. The first-order chi connectivity index (χ1) is 18.7. The van der Waals surface area contributed by atoms with Gasteiger partial charge in [-0.3, -0.25) is 19.2 Å². The second-order valence-electron chi connectivity index (χ2n) is 9.29. The Morgan fingerprint density at radius 1 is 0.897 bits per heavy atom. The molecule has 9 nitrogen and oxygen atoms in total. The maximum Gasteiger partial charge on any atom is 0.379 e. The number of imide groups is 1. The summed E-state index contributed by atoms with van der Waals surface area (Å²) in [5, 5.41) is 2.04. The van der Waals surface area contributed by atoms with Gasteiger partial charge in [-0.25, -0.2) is 9.80 Å². The van der Waals surface area contributed by atoms with Crippen LogP contribution in [0.15, 0.2) is 65.3 Å². The van der Waals surface area contributed by atoms with Gasteiger partial charge in [-0.15, -0.1) is 0 Å². The van der Waals surface area contributed by atoms with E-state index in [2.05, 4.69) is 0 Å². The first-order valence-corrected chi connectivity index (χ1v) is 13.0. The minimum Gasteiger partial charge on any atom is -0.457 e. The lowest BCUT2D eigenvalue weighted by Gasteiger charge is -2.30. The van der Waals surface area contributed by atoms with E-state index in [-0.39, 0.29) is 32.7 Å². The van der Waals surface area contributed by atoms with Crippen LogP contribution in [-0.4, -0.2) is 46.0 Å². The van der Waals surface area contributed by atoms with Crippen molar-refractivity contribution in [2.45, 2.75) is 25.7 Å². The van der Waals surface area contributed by atoms with E-state index in [1.165, 1.54) is 54.8 Å². The van der Waals surface area contributed by atoms with Crippen molar-refractivity contribution < 1.29 is 33.1 Å². The zero-order chi connectivity index (χ0) is 27.7. The van der Waals surface area contributed by atoms with Gasteiger partial charge in [-0.05, 0) is 67.4 Å². The molecule has 1 aliphatic heterocycles. The number of nitrogens with zero attached hydrogens (tertiary/aromatic N) is 2. The van der Waals surface area contributed by atoms with Crippen molar-refractivity contribution in [2.24, 2.45) is 11.8 Å². The third-order valence-corrected chi connectivity index (χ3v) is 7.60. The van der Waals surface area contributed by atoms with Crippen LogP contribution >= 0.6 is 23.2 Å². The Balaban J connectivity index is 1.40. The summed E-state index contributed by atoms with van der Waals surface area (Å²) in [4.78, 5) is 65.6. The Kier molecular flexibility index (Phi) is 7.54. The van der Waals surface area contributed by atoms with Gasteiger partial charge in [0.1, 0.15) is 12.3 Å². The molecule has 0 radical (unpaired) electrons. The monoisotopic (exact) mass is 568 g/mol. The van der Waals surface area contributed by atoms with Crippen LogP contribution in [0.3, 0.4) is 0 Å². The molecule has 200 valence electrons. The van der Waals surface area contributed by atoms with Crippen LogP contribution in [0.4, 0.5) is 0 Å². The van der Waals surface area contributed by atoms with Crippen molar-refractivity contribution >= 4 is 52.7 Å². The van der Waals surface area contributed by atoms with E-state index < -0.39 is 47.9 Å². The molecule has 1 aliphatic carbocycles. The van der Waals surface area contributed by atoms with Crippen molar-refractivity contribution in [3.63, 3.8) is 0 Å². The Hall–Kier alpha value is -3.95. The van der Waals surface area contributed by atoms with Gasteiger partial charge in [0, 0.05) is 11.1 Å². The molecule has 3 amide bonds. The number of hydrogen-bond acceptors (Lipinski definition) is 7. The number of carbonyl (C=O) groups excluding carboxylic acids is 5. The topological polar surface area (TPSA) is 114 Å². The number of benzene rings is 2. The van der Waals surface area contributed by atoms with Gasteiger partial charge < -0.3 is 9.15 Å². The summed E-state index contributed by atoms with van der Waals surface area (Å²) in [6.45, 7) is -0.582. The standard InChI is InChI=1S/C28H22Cl2N2O7/c29-21-12-9-17(14-22(21)30)25(34)31(32-26(35)19-4-1-2-5-20(19)27(32)36)15-23(33)16-7-10-18(11-8-16)39-28(37)24-6-3-13-38-24/h3,6-14,19-20H,1-2,4-5,15H2/t19-,20-/m1/s1. The number of furan rings is 1. The summed E-state index contributed by atoms with van der Waals surface area (Å²) in [5.74, 6) is -3.82. The molecule has 0 bridgehead atoms. The minimum atomic E-state index is -0.744. The number of ketones is 1. The third kappa shape index (κ3) is 5.32. The van der Waals surface area contributed by atoms with Crippen LogP contribution in [0.2, 0.25) is 10.0 Å². The molecule has 0 unspecified atom stereocenters. The minimum absolute atomic E-state index is 0.0205. The fourth-order valence-electron chi connectivity index (χ4n) is 4.88. The second-order valence-corrected chi connectivity index (χ2v) is 10.1. The summed E-state index contributed by atoms with van der Waals surface area (Å²) < 4.78 is 10.2. The van der Waals surface area contributed by atoms with E-state index >= 15 is 0 Å². The second kappa shape index (κ2) is 11.0. The Bertz CT molecular complexity index is 1430. The van der Waals surface area contributed by atoms with Crippen LogP contribution in [0.5, 0.6) is 5.75 Å². The number of Topliss-reactive ketones (excluding diaryl/α,β-unsaturated/α-hetero) is 1. The number of halogens is 2. The zero-order valence-corrected chi connectivity index (χ0v) is 22.0. The van der Waals surface area contributed by atoms with Gasteiger partial charge in [-0.2, -0.15) is 5.01 Å². The lowest BCUT2D eigenvalue weighted by atomic mass is 9.81. The molecular formula is C28H22Cl2N2O7. The highest BCUT2D eigenvalue weighted by molar-refractivity contribution is 6.42. The number of hydrogen-bond donors (Lipinski definition) is 0. The molecule has 39 heavy (non-hydrogen) atoms. The highest BCUT2D eigenvalue weighted by atomic mass is 35.5. The number of ether oxygens (including phenoxy) is 1. The Morgan fingerprint density at radius 2 is 1.54 bits per heavy atom. The predicted molar refractivity (Wildman–Crippen MR) is 139 cm³/mol. The molecule has 2 fully saturated rings. The zero-order valence-electron chi connectivity index (χ0n) is 20.5. The smallest absolute Gasteiger partial charge is 0.379 e. The van der Waals surface area contributed by atoms with Crippen LogP contribution in [0, 0.1) is 11.8 Å². The third-order valence-electron chi connectivity index (χ3n) is 6.86. The summed E-state index contributed by atoms with van der Waals surface area (Å²) in [6, 6.07) is 12.8. The largest absolute Gasteiger partial charge is 0.457 e. The SMILES string of the molecule is O=C(CN(C(=O)c1ccc(Cl)c(Cl)c1)N1C(=O)[C@@H]2CCCC[C@H]2C1=O)c1ccc(OC(=O)c2ccco2)cc1. The normalized spacial score (nSPS) is 18.6.